The van der Waals surface area contributed by atoms with Crippen molar-refractivity contribution in [3.63, 3.8) is 0 Å². The fraction of sp³-hybridized carbons (Fsp3) is 0.333. The van der Waals surface area contributed by atoms with E-state index < -0.39 is 5.82 Å². The Hall–Kier alpha value is -2.34. The van der Waals surface area contributed by atoms with Gasteiger partial charge in [-0.3, -0.25) is 14.5 Å². The lowest BCUT2D eigenvalue weighted by Crippen LogP contribution is -2.28. The molecule has 0 unspecified atom stereocenters. The maximum Gasteiger partial charge on any atom is 0.238 e. The Bertz CT molecular complexity index is 846. The van der Waals surface area contributed by atoms with Crippen LogP contribution in [0, 0.1) is 11.2 Å². The van der Waals surface area contributed by atoms with Crippen molar-refractivity contribution in [1.82, 2.24) is 0 Å². The third-order valence-electron chi connectivity index (χ3n) is 4.15. The molecule has 1 atom stereocenters. The highest BCUT2D eigenvalue weighted by Crippen LogP contribution is 2.42. The van der Waals surface area contributed by atoms with Crippen molar-refractivity contribution in [1.29, 1.82) is 0 Å². The number of para-hydroxylation sites is 1. The van der Waals surface area contributed by atoms with Crippen LogP contribution in [-0.2, 0) is 9.59 Å². The number of hydrogen-bond donors (Lipinski definition) is 1. The zero-order valence-electron chi connectivity index (χ0n) is 15.7. The predicted octanol–water partition coefficient (Wildman–Crippen LogP) is 4.98. The normalized spacial score (nSPS) is 17.3. The molecule has 1 heterocycles. The van der Waals surface area contributed by atoms with Crippen molar-refractivity contribution in [3.8, 4) is 0 Å². The Labute approximate surface area is 163 Å². The summed E-state index contributed by atoms with van der Waals surface area (Å²) in [5, 5.41) is 2.61. The van der Waals surface area contributed by atoms with Gasteiger partial charge >= 0.3 is 0 Å². The lowest BCUT2D eigenvalue weighted by Gasteiger charge is -2.25. The number of benzene rings is 2. The van der Waals surface area contributed by atoms with E-state index in [1.54, 1.807) is 18.2 Å². The first-order valence-electron chi connectivity index (χ1n) is 8.83. The quantitative estimate of drug-likeness (QED) is 0.806. The van der Waals surface area contributed by atoms with E-state index in [1.807, 2.05) is 45.0 Å². The predicted molar refractivity (Wildman–Crippen MR) is 108 cm³/mol. The number of rotatable bonds is 4. The zero-order valence-corrected chi connectivity index (χ0v) is 16.5. The first-order chi connectivity index (χ1) is 12.7. The molecule has 2 aromatic rings. The van der Waals surface area contributed by atoms with Gasteiger partial charge < -0.3 is 5.32 Å². The Balaban J connectivity index is 1.77. The van der Waals surface area contributed by atoms with Gasteiger partial charge in [0.05, 0.1) is 11.4 Å². The SMILES string of the molecule is CC(C)(C)CC(=O)Nc1ccc([C@@H]2SCC(=O)N2c2ccccc2F)cc1. The summed E-state index contributed by atoms with van der Waals surface area (Å²) in [5.41, 5.74) is 1.81. The maximum absolute atomic E-state index is 14.2. The molecule has 0 bridgehead atoms. The third kappa shape index (κ3) is 4.69. The average molecular weight is 386 g/mol. The van der Waals surface area contributed by atoms with Gasteiger partial charge in [0.15, 0.2) is 0 Å². The minimum Gasteiger partial charge on any atom is -0.326 e. The van der Waals surface area contributed by atoms with Gasteiger partial charge in [0.25, 0.3) is 0 Å². The van der Waals surface area contributed by atoms with Crippen LogP contribution in [0.1, 0.15) is 38.1 Å². The van der Waals surface area contributed by atoms with Gasteiger partial charge in [-0.2, -0.15) is 0 Å². The Morgan fingerprint density at radius 2 is 1.85 bits per heavy atom. The summed E-state index contributed by atoms with van der Waals surface area (Å²) < 4.78 is 14.2. The molecule has 0 aliphatic carbocycles. The highest BCUT2D eigenvalue weighted by molar-refractivity contribution is 8.00. The van der Waals surface area contributed by atoms with E-state index in [0.29, 0.717) is 23.5 Å². The van der Waals surface area contributed by atoms with Crippen molar-refractivity contribution in [2.75, 3.05) is 16.0 Å². The van der Waals surface area contributed by atoms with E-state index in [0.717, 1.165) is 5.56 Å². The molecule has 4 nitrogen and oxygen atoms in total. The van der Waals surface area contributed by atoms with Crippen LogP contribution in [0.25, 0.3) is 0 Å². The lowest BCUT2D eigenvalue weighted by molar-refractivity contribution is -0.118. The summed E-state index contributed by atoms with van der Waals surface area (Å²) in [6.45, 7) is 6.05. The van der Waals surface area contributed by atoms with Crippen molar-refractivity contribution >= 4 is 35.0 Å². The minimum absolute atomic E-state index is 0.0337. The van der Waals surface area contributed by atoms with Crippen LogP contribution in [0.2, 0.25) is 0 Å². The van der Waals surface area contributed by atoms with Gasteiger partial charge in [0.2, 0.25) is 11.8 Å². The third-order valence-corrected chi connectivity index (χ3v) is 5.36. The fourth-order valence-electron chi connectivity index (χ4n) is 3.00. The average Bonchev–Trinajstić information content (AvgIpc) is 2.96. The minimum atomic E-state index is -0.413. The second-order valence-corrected chi connectivity index (χ2v) is 8.85. The lowest BCUT2D eigenvalue weighted by atomic mass is 9.92. The van der Waals surface area contributed by atoms with E-state index in [1.165, 1.54) is 22.7 Å². The summed E-state index contributed by atoms with van der Waals surface area (Å²) >= 11 is 1.47. The Morgan fingerprint density at radius 3 is 2.48 bits per heavy atom. The Kier molecular flexibility index (Phi) is 5.56. The second kappa shape index (κ2) is 7.72. The van der Waals surface area contributed by atoms with Gasteiger partial charge in [0, 0.05) is 12.1 Å². The van der Waals surface area contributed by atoms with E-state index in [4.69, 9.17) is 0 Å². The highest BCUT2D eigenvalue weighted by atomic mass is 32.2. The first-order valence-corrected chi connectivity index (χ1v) is 9.87. The van der Waals surface area contributed by atoms with E-state index in [9.17, 15) is 14.0 Å². The smallest absolute Gasteiger partial charge is 0.238 e. The molecule has 1 saturated heterocycles. The van der Waals surface area contributed by atoms with E-state index in [-0.39, 0.29) is 22.6 Å². The van der Waals surface area contributed by atoms with Crippen LogP contribution < -0.4 is 10.2 Å². The van der Waals surface area contributed by atoms with Crippen molar-refractivity contribution < 1.29 is 14.0 Å². The molecule has 142 valence electrons. The molecule has 0 aromatic heterocycles. The van der Waals surface area contributed by atoms with Crippen LogP contribution >= 0.6 is 11.8 Å². The number of hydrogen-bond acceptors (Lipinski definition) is 3. The van der Waals surface area contributed by atoms with Gasteiger partial charge in [-0.25, -0.2) is 4.39 Å². The molecule has 27 heavy (non-hydrogen) atoms. The maximum atomic E-state index is 14.2. The largest absolute Gasteiger partial charge is 0.326 e. The molecular weight excluding hydrogens is 363 g/mol. The molecule has 0 radical (unpaired) electrons. The van der Waals surface area contributed by atoms with Gasteiger partial charge in [-0.15, -0.1) is 11.8 Å². The summed E-state index contributed by atoms with van der Waals surface area (Å²) in [5.74, 6) is -0.251. The number of carbonyl (C=O) groups is 2. The van der Waals surface area contributed by atoms with Crippen LogP contribution in [0.15, 0.2) is 48.5 Å². The standard InChI is InChI=1S/C21H23FN2O2S/c1-21(2,3)12-18(25)23-15-10-8-14(9-11-15)20-24(19(26)13-27-20)17-7-5-4-6-16(17)22/h4-11,20H,12-13H2,1-3H3,(H,23,25)/t20-/m0/s1. The van der Waals surface area contributed by atoms with E-state index >= 15 is 0 Å². The first kappa shape index (κ1) is 19.4. The van der Waals surface area contributed by atoms with Crippen molar-refractivity contribution in [2.45, 2.75) is 32.6 Å². The molecule has 1 N–H and O–H groups in total. The second-order valence-electron chi connectivity index (χ2n) is 7.79. The summed E-state index contributed by atoms with van der Waals surface area (Å²) in [4.78, 5) is 25.9. The number of halogens is 1. The van der Waals surface area contributed by atoms with Crippen LogP contribution in [0.3, 0.4) is 0 Å². The number of nitrogens with zero attached hydrogens (tertiary/aromatic N) is 1. The highest BCUT2D eigenvalue weighted by Gasteiger charge is 2.35. The molecular formula is C21H23FN2O2S. The van der Waals surface area contributed by atoms with Crippen LogP contribution in [0.4, 0.5) is 15.8 Å². The molecule has 1 aliphatic heterocycles. The summed E-state index contributed by atoms with van der Waals surface area (Å²) in [7, 11) is 0. The molecule has 6 heteroatoms. The van der Waals surface area contributed by atoms with Crippen molar-refractivity contribution in [3.05, 3.63) is 59.9 Å². The monoisotopic (exact) mass is 386 g/mol. The molecule has 2 aromatic carbocycles. The number of anilines is 2. The number of amides is 2. The molecule has 0 spiro atoms. The van der Waals surface area contributed by atoms with Gasteiger partial charge in [-0.05, 0) is 35.2 Å². The number of nitrogens with one attached hydrogen (secondary N) is 1. The molecule has 2 amide bonds. The molecule has 0 saturated carbocycles. The van der Waals surface area contributed by atoms with E-state index in [2.05, 4.69) is 5.32 Å². The summed E-state index contributed by atoms with van der Waals surface area (Å²) in [6, 6.07) is 13.7. The molecule has 3 rings (SSSR count). The fourth-order valence-corrected chi connectivity index (χ4v) is 4.17. The van der Waals surface area contributed by atoms with Gasteiger partial charge in [0.1, 0.15) is 11.2 Å². The van der Waals surface area contributed by atoms with Gasteiger partial charge in [-0.1, -0.05) is 45.0 Å². The topological polar surface area (TPSA) is 49.4 Å². The molecule has 1 aliphatic rings. The Morgan fingerprint density at radius 1 is 1.19 bits per heavy atom. The van der Waals surface area contributed by atoms with Crippen LogP contribution in [-0.4, -0.2) is 17.6 Å². The van der Waals surface area contributed by atoms with Crippen molar-refractivity contribution in [2.24, 2.45) is 5.41 Å². The van der Waals surface area contributed by atoms with Crippen LogP contribution in [0.5, 0.6) is 0 Å². The number of thioether (sulfide) groups is 1. The number of carbonyl (C=O) groups excluding carboxylic acids is 2. The molecule has 1 fully saturated rings. The zero-order chi connectivity index (χ0) is 19.6. The summed E-state index contributed by atoms with van der Waals surface area (Å²) in [6.07, 6.45) is 0.433.